The van der Waals surface area contributed by atoms with Crippen LogP contribution in [0.2, 0.25) is 0 Å². The first-order valence-electron chi connectivity index (χ1n) is 6.21. The normalized spacial score (nSPS) is 11.2. The monoisotopic (exact) mass is 239 g/mol. The van der Waals surface area contributed by atoms with Gasteiger partial charge in [-0.3, -0.25) is 0 Å². The third-order valence-electron chi connectivity index (χ3n) is 3.44. The first-order chi connectivity index (χ1) is 8.75. The smallest absolute Gasteiger partial charge is 0.124 e. The van der Waals surface area contributed by atoms with Crippen molar-refractivity contribution < 1.29 is 0 Å². The number of hydrogen-bond donors (Lipinski definition) is 0. The van der Waals surface area contributed by atoms with Crippen molar-refractivity contribution in [3.05, 3.63) is 36.5 Å². The Kier molecular flexibility index (Phi) is 3.47. The van der Waals surface area contributed by atoms with Crippen LogP contribution in [0.15, 0.2) is 36.5 Å². The van der Waals surface area contributed by atoms with E-state index in [4.69, 9.17) is 6.42 Å². The van der Waals surface area contributed by atoms with Crippen molar-refractivity contribution in [2.75, 3.05) is 0 Å². The fourth-order valence-electron chi connectivity index (χ4n) is 2.06. The molecule has 0 saturated carbocycles. The topological polar surface area (TPSA) is 30.7 Å². The van der Waals surface area contributed by atoms with Crippen LogP contribution in [0.4, 0.5) is 0 Å². The summed E-state index contributed by atoms with van der Waals surface area (Å²) in [6, 6.07) is 10.00. The van der Waals surface area contributed by atoms with E-state index in [0.717, 1.165) is 24.1 Å². The Bertz CT molecular complexity index is 545. The van der Waals surface area contributed by atoms with E-state index < -0.39 is 0 Å². The molecular weight excluding hydrogens is 222 g/mol. The van der Waals surface area contributed by atoms with Crippen molar-refractivity contribution in [1.29, 1.82) is 0 Å². The van der Waals surface area contributed by atoms with E-state index in [1.165, 1.54) is 0 Å². The van der Waals surface area contributed by atoms with E-state index in [9.17, 15) is 0 Å². The zero-order valence-corrected chi connectivity index (χ0v) is 10.8. The first-order valence-corrected chi connectivity index (χ1v) is 6.21. The molecule has 92 valence electrons. The van der Waals surface area contributed by atoms with Crippen LogP contribution in [-0.2, 0) is 5.54 Å². The van der Waals surface area contributed by atoms with Crippen LogP contribution in [0.25, 0.3) is 11.3 Å². The highest BCUT2D eigenvalue weighted by molar-refractivity contribution is 5.57. The first kappa shape index (κ1) is 12.4. The summed E-state index contributed by atoms with van der Waals surface area (Å²) in [6.45, 7) is 4.15. The third kappa shape index (κ3) is 2.02. The number of aromatic nitrogens is 3. The summed E-state index contributed by atoms with van der Waals surface area (Å²) in [5.74, 6) is 2.86. The molecular formula is C15H17N3. The third-order valence-corrected chi connectivity index (χ3v) is 3.44. The molecule has 0 aliphatic carbocycles. The van der Waals surface area contributed by atoms with E-state index in [-0.39, 0.29) is 5.54 Å². The molecule has 0 aliphatic heterocycles. The van der Waals surface area contributed by atoms with Crippen LogP contribution < -0.4 is 0 Å². The summed E-state index contributed by atoms with van der Waals surface area (Å²) in [7, 11) is 0. The Morgan fingerprint density at radius 1 is 1.22 bits per heavy atom. The van der Waals surface area contributed by atoms with E-state index in [1.807, 2.05) is 41.2 Å². The second-order valence-corrected chi connectivity index (χ2v) is 4.30. The predicted octanol–water partition coefficient (Wildman–Crippen LogP) is 3.09. The lowest BCUT2D eigenvalue weighted by molar-refractivity contribution is 0.319. The van der Waals surface area contributed by atoms with Gasteiger partial charge in [0.1, 0.15) is 11.2 Å². The molecule has 0 amide bonds. The molecule has 0 spiro atoms. The maximum Gasteiger partial charge on any atom is 0.124 e. The van der Waals surface area contributed by atoms with Crippen molar-refractivity contribution in [3.8, 4) is 23.6 Å². The number of nitrogens with zero attached hydrogens (tertiary/aromatic N) is 3. The zero-order valence-electron chi connectivity index (χ0n) is 10.8. The fraction of sp³-hybridized carbons (Fsp3) is 0.333. The van der Waals surface area contributed by atoms with Gasteiger partial charge in [-0.2, -0.15) is 0 Å². The Labute approximate surface area is 108 Å². The van der Waals surface area contributed by atoms with E-state index in [2.05, 4.69) is 30.1 Å². The fourth-order valence-corrected chi connectivity index (χ4v) is 2.06. The summed E-state index contributed by atoms with van der Waals surface area (Å²) in [6.07, 6.45) is 9.29. The summed E-state index contributed by atoms with van der Waals surface area (Å²) < 4.78 is 1.81. The van der Waals surface area contributed by atoms with Crippen LogP contribution in [0.5, 0.6) is 0 Å². The van der Waals surface area contributed by atoms with Crippen molar-refractivity contribution in [2.24, 2.45) is 0 Å². The van der Waals surface area contributed by atoms with Crippen molar-refractivity contribution >= 4 is 0 Å². The van der Waals surface area contributed by atoms with Gasteiger partial charge in [0.2, 0.25) is 0 Å². The maximum absolute atomic E-state index is 5.67. The largest absolute Gasteiger partial charge is 0.234 e. The van der Waals surface area contributed by atoms with Crippen LogP contribution in [0.3, 0.4) is 0 Å². The highest BCUT2D eigenvalue weighted by Crippen LogP contribution is 2.25. The lowest BCUT2D eigenvalue weighted by Crippen LogP contribution is -2.31. The van der Waals surface area contributed by atoms with Gasteiger partial charge in [-0.05, 0) is 12.8 Å². The predicted molar refractivity (Wildman–Crippen MR) is 72.8 cm³/mol. The highest BCUT2D eigenvalue weighted by Gasteiger charge is 2.27. The molecule has 0 N–H and O–H groups in total. The van der Waals surface area contributed by atoms with Crippen LogP contribution >= 0.6 is 0 Å². The molecule has 1 aromatic heterocycles. The van der Waals surface area contributed by atoms with E-state index >= 15 is 0 Å². The van der Waals surface area contributed by atoms with Crippen molar-refractivity contribution in [3.63, 3.8) is 0 Å². The number of rotatable bonds is 4. The van der Waals surface area contributed by atoms with Gasteiger partial charge in [-0.1, -0.05) is 55.3 Å². The van der Waals surface area contributed by atoms with Crippen LogP contribution in [0.1, 0.15) is 26.7 Å². The molecule has 0 bridgehead atoms. The van der Waals surface area contributed by atoms with Gasteiger partial charge >= 0.3 is 0 Å². The average molecular weight is 239 g/mol. The Morgan fingerprint density at radius 2 is 1.89 bits per heavy atom. The molecule has 1 heterocycles. The highest BCUT2D eigenvalue weighted by atomic mass is 15.4. The second-order valence-electron chi connectivity index (χ2n) is 4.30. The number of terminal acetylenes is 1. The van der Waals surface area contributed by atoms with Crippen molar-refractivity contribution in [1.82, 2.24) is 15.0 Å². The number of benzene rings is 1. The lowest BCUT2D eigenvalue weighted by Gasteiger charge is -2.25. The van der Waals surface area contributed by atoms with Gasteiger partial charge in [0.25, 0.3) is 0 Å². The molecule has 2 rings (SSSR count). The molecule has 0 fully saturated rings. The molecule has 3 heteroatoms. The van der Waals surface area contributed by atoms with Crippen molar-refractivity contribution in [2.45, 2.75) is 32.2 Å². The minimum atomic E-state index is -0.361. The maximum atomic E-state index is 5.67. The van der Waals surface area contributed by atoms with Gasteiger partial charge in [-0.25, -0.2) is 4.68 Å². The Hall–Kier alpha value is -2.08. The van der Waals surface area contributed by atoms with E-state index in [0.29, 0.717) is 0 Å². The van der Waals surface area contributed by atoms with Gasteiger partial charge in [0.15, 0.2) is 0 Å². The summed E-state index contributed by atoms with van der Waals surface area (Å²) >= 11 is 0. The van der Waals surface area contributed by atoms with E-state index in [1.54, 1.807) is 0 Å². The summed E-state index contributed by atoms with van der Waals surface area (Å²) in [5, 5.41) is 8.42. The van der Waals surface area contributed by atoms with Crippen LogP contribution in [0, 0.1) is 12.3 Å². The summed E-state index contributed by atoms with van der Waals surface area (Å²) in [4.78, 5) is 0. The molecule has 0 unspecified atom stereocenters. The van der Waals surface area contributed by atoms with Crippen LogP contribution in [-0.4, -0.2) is 15.0 Å². The molecule has 0 saturated heterocycles. The lowest BCUT2D eigenvalue weighted by atomic mass is 9.94. The zero-order chi connectivity index (χ0) is 13.0. The molecule has 1 aromatic carbocycles. The Balaban J connectivity index is 2.40. The van der Waals surface area contributed by atoms with Gasteiger partial charge in [0.05, 0.1) is 6.20 Å². The second kappa shape index (κ2) is 5.05. The van der Waals surface area contributed by atoms with Gasteiger partial charge in [0, 0.05) is 5.56 Å². The number of hydrogen-bond acceptors (Lipinski definition) is 2. The Morgan fingerprint density at radius 3 is 2.44 bits per heavy atom. The quantitative estimate of drug-likeness (QED) is 0.768. The molecule has 2 aromatic rings. The SMILES string of the molecule is C#CC(CC)(CC)n1cc(-c2ccccc2)nn1. The summed E-state index contributed by atoms with van der Waals surface area (Å²) in [5.41, 5.74) is 1.55. The van der Waals surface area contributed by atoms with Gasteiger partial charge < -0.3 is 0 Å². The van der Waals surface area contributed by atoms with Gasteiger partial charge in [-0.15, -0.1) is 11.5 Å². The molecule has 18 heavy (non-hydrogen) atoms. The minimum absolute atomic E-state index is 0.361. The standard InChI is InChI=1S/C15H17N3/c1-4-15(5-2,6-3)18-12-14(16-17-18)13-10-8-7-9-11-13/h1,7-12H,5-6H2,2-3H3. The minimum Gasteiger partial charge on any atom is -0.234 e. The average Bonchev–Trinajstić information content (AvgIpc) is 2.93. The molecule has 0 radical (unpaired) electrons. The molecule has 3 nitrogen and oxygen atoms in total. The molecule has 0 aliphatic rings. The molecule has 0 atom stereocenters.